The van der Waals surface area contributed by atoms with Gasteiger partial charge in [-0.3, -0.25) is 9.79 Å². The van der Waals surface area contributed by atoms with Crippen molar-refractivity contribution in [3.63, 3.8) is 0 Å². The van der Waals surface area contributed by atoms with Crippen LogP contribution in [0.2, 0.25) is 0 Å². The van der Waals surface area contributed by atoms with Gasteiger partial charge < -0.3 is 16.0 Å². The van der Waals surface area contributed by atoms with Crippen molar-refractivity contribution >= 4 is 11.9 Å². The van der Waals surface area contributed by atoms with Gasteiger partial charge in [-0.1, -0.05) is 26.7 Å². The molecule has 1 aliphatic carbocycles. The zero-order valence-corrected chi connectivity index (χ0v) is 13.9. The minimum Gasteiger partial charge on any atom is -0.357 e. The van der Waals surface area contributed by atoms with Crippen LogP contribution in [0.5, 0.6) is 0 Å². The van der Waals surface area contributed by atoms with E-state index in [0.29, 0.717) is 24.9 Å². The molecule has 0 aromatic rings. The molecule has 0 unspecified atom stereocenters. The molecule has 5 nitrogen and oxygen atoms in total. The summed E-state index contributed by atoms with van der Waals surface area (Å²) in [6.45, 7) is 8.73. The highest BCUT2D eigenvalue weighted by molar-refractivity contribution is 5.81. The van der Waals surface area contributed by atoms with E-state index in [1.807, 2.05) is 6.92 Å². The second-order valence-corrected chi connectivity index (χ2v) is 6.17. The summed E-state index contributed by atoms with van der Waals surface area (Å²) in [5.74, 6) is 1.62. The number of carbonyl (C=O) groups is 1. The normalized spacial score (nSPS) is 16.3. The molecule has 3 N–H and O–H groups in total. The number of nitrogens with zero attached hydrogens (tertiary/aromatic N) is 1. The molecule has 21 heavy (non-hydrogen) atoms. The average Bonchev–Trinajstić information content (AvgIpc) is 2.91. The van der Waals surface area contributed by atoms with Gasteiger partial charge in [-0.15, -0.1) is 0 Å². The van der Waals surface area contributed by atoms with Crippen LogP contribution in [0.1, 0.15) is 59.3 Å². The van der Waals surface area contributed by atoms with Gasteiger partial charge in [0.1, 0.15) is 0 Å². The third-order valence-electron chi connectivity index (χ3n) is 3.69. The number of rotatable bonds is 8. The van der Waals surface area contributed by atoms with Gasteiger partial charge in [-0.2, -0.15) is 0 Å². The first-order chi connectivity index (χ1) is 10.1. The lowest BCUT2D eigenvalue weighted by molar-refractivity contribution is -0.121. The predicted octanol–water partition coefficient (Wildman–Crippen LogP) is 2.04. The van der Waals surface area contributed by atoms with E-state index in [1.54, 1.807) is 0 Å². The average molecular weight is 296 g/mol. The maximum Gasteiger partial charge on any atom is 0.221 e. The van der Waals surface area contributed by atoms with Gasteiger partial charge in [-0.05, 0) is 32.1 Å². The number of hydrogen-bond donors (Lipinski definition) is 3. The molecule has 0 saturated heterocycles. The van der Waals surface area contributed by atoms with E-state index in [-0.39, 0.29) is 5.91 Å². The quantitative estimate of drug-likeness (QED) is 0.474. The van der Waals surface area contributed by atoms with Crippen LogP contribution in [0.25, 0.3) is 0 Å². The van der Waals surface area contributed by atoms with Gasteiger partial charge in [0.2, 0.25) is 5.91 Å². The van der Waals surface area contributed by atoms with Crippen LogP contribution in [-0.4, -0.2) is 37.5 Å². The van der Waals surface area contributed by atoms with Gasteiger partial charge in [0.15, 0.2) is 5.96 Å². The van der Waals surface area contributed by atoms with Crippen molar-refractivity contribution in [1.82, 2.24) is 16.0 Å². The van der Waals surface area contributed by atoms with Gasteiger partial charge in [0.05, 0.1) is 0 Å². The van der Waals surface area contributed by atoms with Crippen molar-refractivity contribution in [2.75, 3.05) is 19.6 Å². The Hall–Kier alpha value is -1.26. The first kappa shape index (κ1) is 17.8. The Labute approximate surface area is 129 Å². The SMILES string of the molecule is CCNC(=NCCC(C)C)NCCC(=O)NC1CCCC1. The van der Waals surface area contributed by atoms with Crippen molar-refractivity contribution in [2.24, 2.45) is 10.9 Å². The topological polar surface area (TPSA) is 65.5 Å². The Kier molecular flexibility index (Phi) is 8.87. The molecule has 0 spiro atoms. The first-order valence-electron chi connectivity index (χ1n) is 8.43. The van der Waals surface area contributed by atoms with Crippen LogP contribution in [0.4, 0.5) is 0 Å². The molecule has 122 valence electrons. The Morgan fingerprint density at radius 3 is 2.57 bits per heavy atom. The molecule has 0 radical (unpaired) electrons. The summed E-state index contributed by atoms with van der Waals surface area (Å²) in [4.78, 5) is 16.3. The monoisotopic (exact) mass is 296 g/mol. The molecule has 0 bridgehead atoms. The van der Waals surface area contributed by atoms with Crippen molar-refractivity contribution in [3.8, 4) is 0 Å². The number of nitrogens with one attached hydrogen (secondary N) is 3. The summed E-state index contributed by atoms with van der Waals surface area (Å²) in [6.07, 6.45) is 6.35. The molecule has 0 atom stereocenters. The first-order valence-corrected chi connectivity index (χ1v) is 8.43. The second kappa shape index (κ2) is 10.5. The fourth-order valence-corrected chi connectivity index (χ4v) is 2.44. The Morgan fingerprint density at radius 1 is 1.24 bits per heavy atom. The van der Waals surface area contributed by atoms with E-state index in [4.69, 9.17) is 0 Å². The van der Waals surface area contributed by atoms with Gasteiger partial charge in [0, 0.05) is 32.1 Å². The molecular formula is C16H32N4O. The summed E-state index contributed by atoms with van der Waals surface area (Å²) in [7, 11) is 0. The van der Waals surface area contributed by atoms with E-state index in [1.165, 1.54) is 12.8 Å². The van der Waals surface area contributed by atoms with Gasteiger partial charge >= 0.3 is 0 Å². The zero-order valence-electron chi connectivity index (χ0n) is 13.9. The lowest BCUT2D eigenvalue weighted by Gasteiger charge is -2.14. The Balaban J connectivity index is 2.20. The Morgan fingerprint density at radius 2 is 1.95 bits per heavy atom. The summed E-state index contributed by atoms with van der Waals surface area (Å²) >= 11 is 0. The van der Waals surface area contributed by atoms with Crippen molar-refractivity contribution in [2.45, 2.75) is 65.3 Å². The molecule has 1 aliphatic rings. The molecule has 1 amide bonds. The molecule has 1 rings (SSSR count). The molecule has 0 aliphatic heterocycles. The predicted molar refractivity (Wildman–Crippen MR) is 88.5 cm³/mol. The molecule has 1 fully saturated rings. The van der Waals surface area contributed by atoms with Crippen molar-refractivity contribution in [3.05, 3.63) is 0 Å². The number of carbonyl (C=O) groups excluding carboxylic acids is 1. The molecule has 5 heteroatoms. The summed E-state index contributed by atoms with van der Waals surface area (Å²) < 4.78 is 0. The molecule has 0 aromatic heterocycles. The summed E-state index contributed by atoms with van der Waals surface area (Å²) in [6, 6.07) is 0.408. The standard InChI is InChI=1S/C16H32N4O/c1-4-17-16(18-11-9-13(2)3)19-12-10-15(21)20-14-7-5-6-8-14/h13-14H,4-12H2,1-3H3,(H,20,21)(H2,17,18,19). The van der Waals surface area contributed by atoms with Crippen LogP contribution >= 0.6 is 0 Å². The van der Waals surface area contributed by atoms with Gasteiger partial charge in [-0.25, -0.2) is 0 Å². The number of hydrogen-bond acceptors (Lipinski definition) is 2. The lowest BCUT2D eigenvalue weighted by atomic mass is 10.1. The third kappa shape index (κ3) is 8.58. The molecule has 0 aromatic carbocycles. The highest BCUT2D eigenvalue weighted by Gasteiger charge is 2.16. The molecule has 0 heterocycles. The van der Waals surface area contributed by atoms with Crippen LogP contribution < -0.4 is 16.0 Å². The number of aliphatic imine (C=N–C) groups is 1. The number of guanidine groups is 1. The minimum absolute atomic E-state index is 0.146. The van der Waals surface area contributed by atoms with Gasteiger partial charge in [0.25, 0.3) is 0 Å². The van der Waals surface area contributed by atoms with E-state index < -0.39 is 0 Å². The van der Waals surface area contributed by atoms with E-state index in [0.717, 1.165) is 38.3 Å². The zero-order chi connectivity index (χ0) is 15.5. The van der Waals surface area contributed by atoms with Crippen LogP contribution in [0.3, 0.4) is 0 Å². The van der Waals surface area contributed by atoms with Crippen molar-refractivity contribution < 1.29 is 4.79 Å². The fraction of sp³-hybridized carbons (Fsp3) is 0.875. The largest absolute Gasteiger partial charge is 0.357 e. The summed E-state index contributed by atoms with van der Waals surface area (Å²) in [5.41, 5.74) is 0. The molecular weight excluding hydrogens is 264 g/mol. The highest BCUT2D eigenvalue weighted by Crippen LogP contribution is 2.17. The molecule has 1 saturated carbocycles. The Bertz CT molecular complexity index is 322. The minimum atomic E-state index is 0.146. The number of amides is 1. The highest BCUT2D eigenvalue weighted by atomic mass is 16.1. The van der Waals surface area contributed by atoms with Crippen LogP contribution in [-0.2, 0) is 4.79 Å². The maximum absolute atomic E-state index is 11.8. The summed E-state index contributed by atoms with van der Waals surface area (Å²) in [5, 5.41) is 9.54. The van der Waals surface area contributed by atoms with E-state index in [9.17, 15) is 4.79 Å². The van der Waals surface area contributed by atoms with E-state index >= 15 is 0 Å². The van der Waals surface area contributed by atoms with Crippen molar-refractivity contribution in [1.29, 1.82) is 0 Å². The fourth-order valence-electron chi connectivity index (χ4n) is 2.44. The van der Waals surface area contributed by atoms with Crippen LogP contribution in [0, 0.1) is 5.92 Å². The lowest BCUT2D eigenvalue weighted by Crippen LogP contribution is -2.40. The van der Waals surface area contributed by atoms with E-state index in [2.05, 4.69) is 34.8 Å². The smallest absolute Gasteiger partial charge is 0.221 e. The maximum atomic E-state index is 11.8. The third-order valence-corrected chi connectivity index (χ3v) is 3.69. The second-order valence-electron chi connectivity index (χ2n) is 6.17. The van der Waals surface area contributed by atoms with Crippen LogP contribution in [0.15, 0.2) is 4.99 Å².